The zero-order valence-corrected chi connectivity index (χ0v) is 31.7. The lowest BCUT2D eigenvalue weighted by atomic mass is 9.88. The van der Waals surface area contributed by atoms with Gasteiger partial charge < -0.3 is 23.7 Å². The molecule has 0 aliphatic heterocycles. The average molecular weight is 728 g/mol. The number of benzene rings is 6. The number of fused-ring (bicyclic) bond motifs is 4. The minimum absolute atomic E-state index is 0.521. The molecule has 5 nitrogen and oxygen atoms in total. The maximum atomic E-state index is 7.21. The summed E-state index contributed by atoms with van der Waals surface area (Å²) < 4.78 is 30.8. The predicted octanol–water partition coefficient (Wildman–Crippen LogP) is 11.7. The molecule has 51 heavy (non-hydrogen) atoms. The van der Waals surface area contributed by atoms with Gasteiger partial charge in [0.15, 0.2) is 11.5 Å². The lowest BCUT2D eigenvalue weighted by molar-refractivity contribution is 0.151. The van der Waals surface area contributed by atoms with Crippen LogP contribution in [-0.4, -0.2) is 52.9 Å². The number of hydrogen-bond donors (Lipinski definition) is 0. The summed E-state index contributed by atoms with van der Waals surface area (Å²) >= 11 is 14.4. The predicted molar refractivity (Wildman–Crippen MR) is 214 cm³/mol. The highest BCUT2D eigenvalue weighted by atomic mass is 35.5. The van der Waals surface area contributed by atoms with Crippen LogP contribution in [0.1, 0.15) is 49.9 Å². The van der Waals surface area contributed by atoms with E-state index in [2.05, 4.69) is 60.7 Å². The molecule has 6 aromatic rings. The third-order valence-electron chi connectivity index (χ3n) is 9.63. The quantitative estimate of drug-likeness (QED) is 0.0652. The number of halogens is 2. The molecule has 0 saturated carbocycles. The minimum Gasteiger partial charge on any atom is -0.453 e. The summed E-state index contributed by atoms with van der Waals surface area (Å²) in [6.07, 6.45) is 2.90. The van der Waals surface area contributed by atoms with Gasteiger partial charge in [-0.15, -0.1) is 0 Å². The zero-order chi connectivity index (χ0) is 35.7. The van der Waals surface area contributed by atoms with E-state index in [1.165, 1.54) is 21.9 Å². The Hall–Kier alpha value is -3.42. The van der Waals surface area contributed by atoms with Crippen LogP contribution in [0.15, 0.2) is 72.8 Å². The topological polar surface area (TPSA) is 46.2 Å². The van der Waals surface area contributed by atoms with Crippen LogP contribution >= 0.6 is 23.2 Å². The Kier molecular flexibility index (Phi) is 13.1. The molecule has 0 aromatic heterocycles. The first kappa shape index (κ1) is 37.3. The highest BCUT2D eigenvalue weighted by molar-refractivity contribution is 6.35. The van der Waals surface area contributed by atoms with E-state index >= 15 is 0 Å². The van der Waals surface area contributed by atoms with E-state index in [9.17, 15) is 0 Å². The van der Waals surface area contributed by atoms with E-state index < -0.39 is 0 Å². The average Bonchev–Trinajstić information content (AvgIpc) is 3.15. The molecule has 0 radical (unpaired) electrons. The molecule has 0 heterocycles. The summed E-state index contributed by atoms with van der Waals surface area (Å²) in [7, 11) is 0. The van der Waals surface area contributed by atoms with Crippen LogP contribution in [0, 0.1) is 0 Å². The van der Waals surface area contributed by atoms with Gasteiger partial charge in [-0.2, -0.15) is 0 Å². The molecule has 0 bridgehead atoms. The van der Waals surface area contributed by atoms with Gasteiger partial charge in [0, 0.05) is 37.2 Å². The van der Waals surface area contributed by atoms with E-state index in [1.807, 2.05) is 39.8 Å². The van der Waals surface area contributed by atoms with Crippen LogP contribution in [0.3, 0.4) is 0 Å². The summed E-state index contributed by atoms with van der Waals surface area (Å²) in [4.78, 5) is 0. The summed E-state index contributed by atoms with van der Waals surface area (Å²) in [5.74, 6) is 1.19. The molecular weight excluding hydrogens is 679 g/mol. The van der Waals surface area contributed by atoms with Crippen molar-refractivity contribution in [2.24, 2.45) is 0 Å². The molecule has 0 N–H and O–H groups in total. The molecule has 6 rings (SSSR count). The smallest absolute Gasteiger partial charge is 0.154 e. The van der Waals surface area contributed by atoms with Crippen molar-refractivity contribution in [3.05, 3.63) is 105 Å². The fourth-order valence-electron chi connectivity index (χ4n) is 7.43. The lowest BCUT2D eigenvalue weighted by Gasteiger charge is -2.23. The van der Waals surface area contributed by atoms with Crippen molar-refractivity contribution < 1.29 is 23.7 Å². The normalized spacial score (nSPS) is 11.8. The second-order valence-corrected chi connectivity index (χ2v) is 13.3. The van der Waals surface area contributed by atoms with Crippen LogP contribution < -0.4 is 4.74 Å². The van der Waals surface area contributed by atoms with E-state index in [1.54, 1.807) is 0 Å². The molecule has 0 aliphatic carbocycles. The first-order valence-electron chi connectivity index (χ1n) is 18.3. The molecular formula is C44H48Cl2O5. The van der Waals surface area contributed by atoms with Crippen molar-refractivity contribution >= 4 is 66.3 Å². The Bertz CT molecular complexity index is 1970. The third-order valence-corrected chi connectivity index (χ3v) is 10.2. The van der Waals surface area contributed by atoms with Crippen molar-refractivity contribution in [2.75, 3.05) is 52.9 Å². The van der Waals surface area contributed by atoms with Crippen molar-refractivity contribution in [1.82, 2.24) is 0 Å². The molecule has 0 fully saturated rings. The lowest BCUT2D eigenvalue weighted by Crippen LogP contribution is -2.06. The third kappa shape index (κ3) is 7.85. The van der Waals surface area contributed by atoms with Gasteiger partial charge in [0.25, 0.3) is 0 Å². The molecule has 0 saturated heterocycles. The van der Waals surface area contributed by atoms with Gasteiger partial charge in [-0.05, 0) is 120 Å². The molecule has 6 aromatic carbocycles. The van der Waals surface area contributed by atoms with E-state index in [0.717, 1.165) is 56.3 Å². The first-order chi connectivity index (χ1) is 25.0. The minimum atomic E-state index is 0.521. The number of rotatable bonds is 18. The second-order valence-electron chi connectivity index (χ2n) is 12.5. The van der Waals surface area contributed by atoms with Gasteiger partial charge in [0.2, 0.25) is 0 Å². The second kappa shape index (κ2) is 17.9. The molecule has 268 valence electrons. The van der Waals surface area contributed by atoms with Gasteiger partial charge in [0.1, 0.15) is 0 Å². The Labute approximate surface area is 311 Å². The van der Waals surface area contributed by atoms with E-state index in [0.29, 0.717) is 87.2 Å². The Morgan fingerprint density at radius 3 is 1.04 bits per heavy atom. The maximum absolute atomic E-state index is 7.21. The van der Waals surface area contributed by atoms with Gasteiger partial charge in [-0.1, -0.05) is 83.9 Å². The maximum Gasteiger partial charge on any atom is 0.154 e. The largest absolute Gasteiger partial charge is 0.453 e. The molecule has 0 aliphatic rings. The van der Waals surface area contributed by atoms with E-state index in [4.69, 9.17) is 46.9 Å². The Morgan fingerprint density at radius 2 is 0.706 bits per heavy atom. The molecule has 0 amide bonds. The Morgan fingerprint density at radius 1 is 0.392 bits per heavy atom. The SMILES string of the molecule is CCOCCc1c2ccccc2c(CCOCC)c2c(Oc3c(Cl)ccc4c(CCOCC)c5ccccc5c(CCOCC)c34)c(Cl)ccc12. The van der Waals surface area contributed by atoms with Crippen molar-refractivity contribution in [3.8, 4) is 11.5 Å². The number of ether oxygens (including phenoxy) is 5. The van der Waals surface area contributed by atoms with Gasteiger partial charge >= 0.3 is 0 Å². The van der Waals surface area contributed by atoms with Crippen molar-refractivity contribution in [3.63, 3.8) is 0 Å². The summed E-state index contributed by atoms with van der Waals surface area (Å²) in [6, 6.07) is 25.3. The first-order valence-corrected chi connectivity index (χ1v) is 19.1. The highest BCUT2D eigenvalue weighted by Gasteiger charge is 2.24. The van der Waals surface area contributed by atoms with Gasteiger partial charge in [0.05, 0.1) is 36.5 Å². The van der Waals surface area contributed by atoms with Crippen LogP contribution in [-0.2, 0) is 44.6 Å². The van der Waals surface area contributed by atoms with Crippen LogP contribution in [0.4, 0.5) is 0 Å². The highest BCUT2D eigenvalue weighted by Crippen LogP contribution is 2.48. The summed E-state index contributed by atoms with van der Waals surface area (Å²) in [6.45, 7) is 13.1. The van der Waals surface area contributed by atoms with Crippen molar-refractivity contribution in [2.45, 2.75) is 53.4 Å². The molecule has 7 heteroatoms. The molecule has 0 spiro atoms. The zero-order valence-electron chi connectivity index (χ0n) is 30.2. The van der Waals surface area contributed by atoms with Crippen LogP contribution in [0.25, 0.3) is 43.1 Å². The van der Waals surface area contributed by atoms with Gasteiger partial charge in [-0.3, -0.25) is 0 Å². The fourth-order valence-corrected chi connectivity index (χ4v) is 7.82. The number of hydrogen-bond acceptors (Lipinski definition) is 5. The summed E-state index contributed by atoms with van der Waals surface area (Å²) in [5.41, 5.74) is 4.70. The molecule has 0 unspecified atom stereocenters. The van der Waals surface area contributed by atoms with E-state index in [-0.39, 0.29) is 0 Å². The monoisotopic (exact) mass is 726 g/mol. The van der Waals surface area contributed by atoms with Crippen LogP contribution in [0.2, 0.25) is 10.0 Å². The standard InChI is InChI=1S/C44H48Cl2O5/c1-5-47-25-21-33-29-13-9-11-15-31(29)37(23-27-49-7-3)41-35(33)17-19-39(45)43(41)51-44-40(46)20-18-36-34(22-26-48-6-2)30-14-10-12-16-32(30)38(42(36)44)24-28-50-8-4/h9-20H,5-8,21-28H2,1-4H3. The summed E-state index contributed by atoms with van der Waals surface area (Å²) in [5, 5.41) is 9.92. The fraction of sp³-hybridized carbons (Fsp3) is 0.364. The molecule has 0 atom stereocenters. The van der Waals surface area contributed by atoms with Crippen molar-refractivity contribution in [1.29, 1.82) is 0 Å². The Balaban J connectivity index is 1.66. The van der Waals surface area contributed by atoms with Gasteiger partial charge in [-0.25, -0.2) is 0 Å². The van der Waals surface area contributed by atoms with Crippen LogP contribution in [0.5, 0.6) is 11.5 Å².